The highest BCUT2D eigenvalue weighted by Crippen LogP contribution is 2.30. The van der Waals surface area contributed by atoms with Crippen LogP contribution in [0.1, 0.15) is 36.0 Å². The number of anilines is 2. The molecule has 33 heavy (non-hydrogen) atoms. The van der Waals surface area contributed by atoms with Crippen LogP contribution in [-0.2, 0) is 16.1 Å². The molecule has 2 N–H and O–H groups in total. The second kappa shape index (κ2) is 8.45. The predicted octanol–water partition coefficient (Wildman–Crippen LogP) is 1.77. The predicted molar refractivity (Wildman–Crippen MR) is 121 cm³/mol. The lowest BCUT2D eigenvalue weighted by molar-refractivity contribution is -0.119. The summed E-state index contributed by atoms with van der Waals surface area (Å²) in [5, 5.41) is 14.1. The first-order valence-corrected chi connectivity index (χ1v) is 10.9. The van der Waals surface area contributed by atoms with Gasteiger partial charge in [0.15, 0.2) is 0 Å². The Bertz CT molecular complexity index is 1330. The highest BCUT2D eigenvalue weighted by atomic mass is 16.2. The highest BCUT2D eigenvalue weighted by Gasteiger charge is 2.38. The van der Waals surface area contributed by atoms with Crippen molar-refractivity contribution in [2.45, 2.75) is 38.3 Å². The van der Waals surface area contributed by atoms with Gasteiger partial charge >= 0.3 is 0 Å². The maximum atomic E-state index is 12.9. The van der Waals surface area contributed by atoms with E-state index in [-0.39, 0.29) is 36.2 Å². The van der Waals surface area contributed by atoms with Crippen molar-refractivity contribution in [3.63, 3.8) is 0 Å². The Morgan fingerprint density at radius 2 is 2.00 bits per heavy atom. The van der Waals surface area contributed by atoms with E-state index in [0.29, 0.717) is 47.2 Å². The minimum atomic E-state index is -0.440. The van der Waals surface area contributed by atoms with Gasteiger partial charge in [0.05, 0.1) is 16.6 Å². The van der Waals surface area contributed by atoms with Crippen LogP contribution >= 0.6 is 0 Å². The van der Waals surface area contributed by atoms with Crippen molar-refractivity contribution < 1.29 is 14.4 Å². The monoisotopic (exact) mass is 446 g/mol. The zero-order valence-corrected chi connectivity index (χ0v) is 17.8. The molecule has 3 heterocycles. The molecule has 0 bridgehead atoms. The van der Waals surface area contributed by atoms with Crippen LogP contribution in [0.15, 0.2) is 47.3 Å². The van der Waals surface area contributed by atoms with Gasteiger partial charge < -0.3 is 15.5 Å². The van der Waals surface area contributed by atoms with Crippen molar-refractivity contribution in [1.29, 1.82) is 0 Å². The van der Waals surface area contributed by atoms with Crippen molar-refractivity contribution in [2.75, 3.05) is 17.2 Å². The number of aryl methyl sites for hydroxylation is 1. The average molecular weight is 446 g/mol. The second-order valence-corrected chi connectivity index (χ2v) is 8.19. The van der Waals surface area contributed by atoms with Gasteiger partial charge in [-0.25, -0.2) is 4.68 Å². The molecule has 1 fully saturated rings. The summed E-state index contributed by atoms with van der Waals surface area (Å²) < 4.78 is 1.26. The number of hydrogen-bond acceptors (Lipinski definition) is 6. The number of rotatable bonds is 5. The van der Waals surface area contributed by atoms with E-state index in [4.69, 9.17) is 0 Å². The fourth-order valence-corrected chi connectivity index (χ4v) is 4.34. The Labute approximate surface area is 188 Å². The van der Waals surface area contributed by atoms with E-state index < -0.39 is 6.04 Å². The lowest BCUT2D eigenvalue weighted by Crippen LogP contribution is -2.40. The van der Waals surface area contributed by atoms with Crippen LogP contribution in [0.5, 0.6) is 0 Å². The molecule has 0 unspecified atom stereocenters. The summed E-state index contributed by atoms with van der Waals surface area (Å²) in [6.45, 7) is 0.805. The fourth-order valence-electron chi connectivity index (χ4n) is 4.34. The molecule has 0 aliphatic carbocycles. The molecular formula is C23H22N6O4. The molecule has 5 rings (SSSR count). The topological polar surface area (TPSA) is 126 Å². The van der Waals surface area contributed by atoms with E-state index in [0.717, 1.165) is 6.42 Å². The summed E-state index contributed by atoms with van der Waals surface area (Å²) in [7, 11) is 0. The van der Waals surface area contributed by atoms with Crippen molar-refractivity contribution in [2.24, 2.45) is 0 Å². The fraction of sp³-hybridized carbons (Fsp3) is 0.304. The number of hydrogen-bond donors (Lipinski definition) is 2. The molecule has 168 valence electrons. The van der Waals surface area contributed by atoms with Crippen molar-refractivity contribution in [1.82, 2.24) is 19.9 Å². The quantitative estimate of drug-likeness (QED) is 0.615. The lowest BCUT2D eigenvalue weighted by Gasteiger charge is -2.20. The van der Waals surface area contributed by atoms with E-state index in [1.807, 2.05) is 0 Å². The van der Waals surface area contributed by atoms with Crippen molar-refractivity contribution in [3.8, 4) is 0 Å². The average Bonchev–Trinajstić information content (AvgIpc) is 3.28. The highest BCUT2D eigenvalue weighted by molar-refractivity contribution is 6.11. The minimum absolute atomic E-state index is 0.164. The van der Waals surface area contributed by atoms with E-state index >= 15 is 0 Å². The zero-order chi connectivity index (χ0) is 22.9. The van der Waals surface area contributed by atoms with Crippen molar-refractivity contribution >= 4 is 40.0 Å². The molecule has 10 nitrogen and oxygen atoms in total. The van der Waals surface area contributed by atoms with E-state index in [9.17, 15) is 19.2 Å². The van der Waals surface area contributed by atoms with Crippen LogP contribution < -0.4 is 16.2 Å². The van der Waals surface area contributed by atoms with Gasteiger partial charge in [0.2, 0.25) is 11.8 Å². The number of carbonyl (C=O) groups is 3. The Morgan fingerprint density at radius 1 is 1.15 bits per heavy atom. The standard InChI is InChI=1S/C23H22N6O4/c30-20(8-4-12-29-23(33)15-5-1-2-6-18(15)26-27-29)24-14-9-10-17-16(13-14)22(32)28-11-3-7-19(28)21(31)25-17/h1-2,5-6,9-10,13,19H,3-4,7-8,11-12H2,(H,24,30)(H,25,31)/t19-/m1/s1. The van der Waals surface area contributed by atoms with Crippen LogP contribution in [0, 0.1) is 0 Å². The number of benzene rings is 2. The number of amides is 3. The molecule has 0 spiro atoms. The summed E-state index contributed by atoms with van der Waals surface area (Å²) >= 11 is 0. The smallest absolute Gasteiger partial charge is 0.277 e. The van der Waals surface area contributed by atoms with Crippen LogP contribution in [0.4, 0.5) is 11.4 Å². The molecule has 10 heteroatoms. The molecule has 1 saturated heterocycles. The number of nitrogens with zero attached hydrogens (tertiary/aromatic N) is 4. The largest absolute Gasteiger partial charge is 0.327 e. The first-order valence-electron chi connectivity index (χ1n) is 10.9. The summed E-state index contributed by atoms with van der Waals surface area (Å²) in [6.07, 6.45) is 2.01. The second-order valence-electron chi connectivity index (χ2n) is 8.19. The summed E-state index contributed by atoms with van der Waals surface area (Å²) in [5.41, 5.74) is 1.58. The van der Waals surface area contributed by atoms with E-state index in [1.165, 1.54) is 4.68 Å². The lowest BCUT2D eigenvalue weighted by atomic mass is 10.1. The summed E-state index contributed by atoms with van der Waals surface area (Å²) in [4.78, 5) is 51.9. The molecule has 3 aromatic rings. The van der Waals surface area contributed by atoms with Crippen LogP contribution in [0.25, 0.3) is 10.9 Å². The van der Waals surface area contributed by atoms with Gasteiger partial charge in [0.1, 0.15) is 11.6 Å². The van der Waals surface area contributed by atoms with Crippen LogP contribution in [-0.4, -0.2) is 50.2 Å². The van der Waals surface area contributed by atoms with Gasteiger partial charge in [-0.15, -0.1) is 5.10 Å². The Morgan fingerprint density at radius 3 is 2.88 bits per heavy atom. The number of fused-ring (bicyclic) bond motifs is 3. The molecular weight excluding hydrogens is 424 g/mol. The molecule has 2 aliphatic heterocycles. The molecule has 1 aromatic heterocycles. The van der Waals surface area contributed by atoms with Gasteiger partial charge in [-0.3, -0.25) is 19.2 Å². The number of nitrogens with one attached hydrogen (secondary N) is 2. The Hall–Kier alpha value is -4.08. The summed E-state index contributed by atoms with van der Waals surface area (Å²) in [5.74, 6) is -0.638. The van der Waals surface area contributed by atoms with E-state index in [2.05, 4.69) is 20.9 Å². The molecule has 0 radical (unpaired) electrons. The Balaban J connectivity index is 1.24. The summed E-state index contributed by atoms with van der Waals surface area (Å²) in [6, 6.07) is 11.4. The van der Waals surface area contributed by atoms with Crippen LogP contribution in [0.2, 0.25) is 0 Å². The third kappa shape index (κ3) is 3.95. The van der Waals surface area contributed by atoms with Gasteiger partial charge in [-0.05, 0) is 49.6 Å². The molecule has 2 aromatic carbocycles. The first kappa shape index (κ1) is 20.8. The first-order chi connectivity index (χ1) is 16.0. The zero-order valence-electron chi connectivity index (χ0n) is 17.8. The maximum Gasteiger partial charge on any atom is 0.277 e. The Kier molecular flexibility index (Phi) is 5.33. The molecule has 1 atom stereocenters. The normalized spacial score (nSPS) is 17.3. The van der Waals surface area contributed by atoms with Gasteiger partial charge in [-0.2, -0.15) is 0 Å². The van der Waals surface area contributed by atoms with Gasteiger partial charge in [0, 0.05) is 25.2 Å². The van der Waals surface area contributed by atoms with Gasteiger partial charge in [0.25, 0.3) is 11.5 Å². The number of aromatic nitrogens is 3. The molecule has 0 saturated carbocycles. The number of carbonyl (C=O) groups excluding carboxylic acids is 3. The third-order valence-electron chi connectivity index (χ3n) is 6.01. The maximum absolute atomic E-state index is 12.9. The SMILES string of the molecule is O=C(CCCn1nnc2ccccc2c1=O)Nc1ccc2c(c1)C(=O)N1CCC[C@@H]1C(=O)N2. The minimum Gasteiger partial charge on any atom is -0.327 e. The molecule has 2 aliphatic rings. The van der Waals surface area contributed by atoms with Gasteiger partial charge in [-0.1, -0.05) is 17.3 Å². The third-order valence-corrected chi connectivity index (χ3v) is 6.01. The van der Waals surface area contributed by atoms with Crippen molar-refractivity contribution in [3.05, 3.63) is 58.4 Å². The molecule has 3 amide bonds. The van der Waals surface area contributed by atoms with E-state index in [1.54, 1.807) is 47.4 Å². The van der Waals surface area contributed by atoms with Crippen LogP contribution in [0.3, 0.4) is 0 Å².